The number of allylic oxidation sites excluding steroid dienone is 3. The first-order valence-corrected chi connectivity index (χ1v) is 3.80. The Bertz CT molecular complexity index is 315. The Balaban J connectivity index is 2.88. The van der Waals surface area contributed by atoms with Gasteiger partial charge in [-0.25, -0.2) is 0 Å². The molecule has 0 spiro atoms. The van der Waals surface area contributed by atoms with Gasteiger partial charge in [-0.3, -0.25) is 4.79 Å². The van der Waals surface area contributed by atoms with Crippen molar-refractivity contribution in [1.29, 1.82) is 0 Å². The highest BCUT2D eigenvalue weighted by Crippen LogP contribution is 2.28. The molecule has 0 heterocycles. The first-order valence-electron chi connectivity index (χ1n) is 3.80. The van der Waals surface area contributed by atoms with Crippen LogP contribution in [0, 0.1) is 5.41 Å². The summed E-state index contributed by atoms with van der Waals surface area (Å²) in [4.78, 5) is 13.5. The highest BCUT2D eigenvalue weighted by atomic mass is 16.4. The quantitative estimate of drug-likeness (QED) is 0.407. The standard InChI is InChI=1S/C8H9N3O2/c9-11-10-6-8(7(12)13)4-2-1-3-5-8/h1-4H,5-6H2,(H,12,13). The van der Waals surface area contributed by atoms with E-state index in [-0.39, 0.29) is 6.54 Å². The molecule has 5 heteroatoms. The number of hydrogen-bond acceptors (Lipinski definition) is 2. The molecular formula is C8H9N3O2. The summed E-state index contributed by atoms with van der Waals surface area (Å²) < 4.78 is 0. The zero-order chi connectivity index (χ0) is 9.73. The van der Waals surface area contributed by atoms with Gasteiger partial charge in [0, 0.05) is 11.5 Å². The summed E-state index contributed by atoms with van der Waals surface area (Å²) in [5.74, 6) is -0.958. The smallest absolute Gasteiger partial charge is 0.313 e. The third-order valence-corrected chi connectivity index (χ3v) is 1.99. The van der Waals surface area contributed by atoms with E-state index in [1.54, 1.807) is 24.3 Å². The number of carbonyl (C=O) groups is 1. The molecule has 0 bridgehead atoms. The van der Waals surface area contributed by atoms with Gasteiger partial charge in [-0.15, -0.1) is 0 Å². The normalized spacial score (nSPS) is 25.2. The largest absolute Gasteiger partial charge is 0.481 e. The van der Waals surface area contributed by atoms with Gasteiger partial charge in [0.2, 0.25) is 0 Å². The van der Waals surface area contributed by atoms with E-state index in [1.807, 2.05) is 0 Å². The van der Waals surface area contributed by atoms with Crippen LogP contribution in [0.3, 0.4) is 0 Å². The third-order valence-electron chi connectivity index (χ3n) is 1.99. The predicted octanol–water partition coefficient (Wildman–Crippen LogP) is 1.88. The van der Waals surface area contributed by atoms with Crippen molar-refractivity contribution in [2.24, 2.45) is 10.5 Å². The summed E-state index contributed by atoms with van der Waals surface area (Å²) in [6, 6.07) is 0. The zero-order valence-corrected chi connectivity index (χ0v) is 6.92. The van der Waals surface area contributed by atoms with Crippen molar-refractivity contribution >= 4 is 5.97 Å². The topological polar surface area (TPSA) is 86.1 Å². The van der Waals surface area contributed by atoms with Gasteiger partial charge in [-0.2, -0.15) is 0 Å². The van der Waals surface area contributed by atoms with Gasteiger partial charge >= 0.3 is 5.97 Å². The second-order valence-corrected chi connectivity index (χ2v) is 2.84. The van der Waals surface area contributed by atoms with E-state index in [4.69, 9.17) is 10.6 Å². The molecule has 1 rings (SSSR count). The van der Waals surface area contributed by atoms with Crippen LogP contribution in [-0.4, -0.2) is 17.6 Å². The van der Waals surface area contributed by atoms with E-state index >= 15 is 0 Å². The van der Waals surface area contributed by atoms with Crippen LogP contribution in [-0.2, 0) is 4.79 Å². The number of azide groups is 1. The lowest BCUT2D eigenvalue weighted by molar-refractivity contribution is -0.145. The van der Waals surface area contributed by atoms with Crippen LogP contribution in [0.1, 0.15) is 6.42 Å². The molecule has 0 fully saturated rings. The monoisotopic (exact) mass is 179 g/mol. The minimum absolute atomic E-state index is 0.0420. The highest BCUT2D eigenvalue weighted by Gasteiger charge is 2.34. The molecule has 0 amide bonds. The molecule has 5 nitrogen and oxygen atoms in total. The molecular weight excluding hydrogens is 170 g/mol. The van der Waals surface area contributed by atoms with Crippen molar-refractivity contribution in [3.05, 3.63) is 34.7 Å². The van der Waals surface area contributed by atoms with Crippen molar-refractivity contribution in [2.75, 3.05) is 6.54 Å². The van der Waals surface area contributed by atoms with Crippen molar-refractivity contribution in [3.63, 3.8) is 0 Å². The van der Waals surface area contributed by atoms with Crippen molar-refractivity contribution in [3.8, 4) is 0 Å². The summed E-state index contributed by atoms with van der Waals surface area (Å²) in [5.41, 5.74) is 7.08. The molecule has 0 aliphatic heterocycles. The molecule has 0 radical (unpaired) electrons. The molecule has 1 aliphatic rings. The van der Waals surface area contributed by atoms with E-state index < -0.39 is 11.4 Å². The molecule has 1 N–H and O–H groups in total. The fraction of sp³-hybridized carbons (Fsp3) is 0.375. The minimum Gasteiger partial charge on any atom is -0.481 e. The Morgan fingerprint density at radius 1 is 1.69 bits per heavy atom. The summed E-state index contributed by atoms with van der Waals surface area (Å²) >= 11 is 0. The molecule has 0 aromatic carbocycles. The Morgan fingerprint density at radius 2 is 2.46 bits per heavy atom. The van der Waals surface area contributed by atoms with Crippen LogP contribution in [0.25, 0.3) is 10.4 Å². The van der Waals surface area contributed by atoms with Gasteiger partial charge in [0.05, 0.1) is 5.41 Å². The predicted molar refractivity (Wildman–Crippen MR) is 47.0 cm³/mol. The fourth-order valence-corrected chi connectivity index (χ4v) is 1.17. The molecule has 0 aromatic heterocycles. The van der Waals surface area contributed by atoms with Gasteiger partial charge in [0.25, 0.3) is 0 Å². The average molecular weight is 179 g/mol. The zero-order valence-electron chi connectivity index (χ0n) is 6.92. The van der Waals surface area contributed by atoms with Crippen LogP contribution in [0.15, 0.2) is 29.4 Å². The third kappa shape index (κ3) is 1.89. The number of carboxylic acids is 1. The van der Waals surface area contributed by atoms with E-state index in [2.05, 4.69) is 10.0 Å². The Hall–Kier alpha value is -1.74. The van der Waals surface area contributed by atoms with Crippen molar-refractivity contribution < 1.29 is 9.90 Å². The lowest BCUT2D eigenvalue weighted by atomic mass is 9.82. The van der Waals surface area contributed by atoms with E-state index in [0.717, 1.165) is 0 Å². The van der Waals surface area contributed by atoms with Gasteiger partial charge in [0.15, 0.2) is 0 Å². The lowest BCUT2D eigenvalue weighted by Gasteiger charge is -2.23. The second-order valence-electron chi connectivity index (χ2n) is 2.84. The molecule has 1 atom stereocenters. The van der Waals surface area contributed by atoms with E-state index in [0.29, 0.717) is 6.42 Å². The highest BCUT2D eigenvalue weighted by molar-refractivity contribution is 5.78. The van der Waals surface area contributed by atoms with Crippen LogP contribution < -0.4 is 0 Å². The van der Waals surface area contributed by atoms with Gasteiger partial charge in [-0.05, 0) is 12.0 Å². The lowest BCUT2D eigenvalue weighted by Crippen LogP contribution is -2.32. The maximum Gasteiger partial charge on any atom is 0.313 e. The average Bonchev–Trinajstić information content (AvgIpc) is 2.16. The molecule has 1 aliphatic carbocycles. The molecule has 13 heavy (non-hydrogen) atoms. The van der Waals surface area contributed by atoms with Gasteiger partial charge in [0.1, 0.15) is 0 Å². The number of aliphatic carboxylic acids is 1. The molecule has 1 unspecified atom stereocenters. The van der Waals surface area contributed by atoms with Gasteiger partial charge in [-0.1, -0.05) is 29.4 Å². The van der Waals surface area contributed by atoms with Crippen LogP contribution in [0.2, 0.25) is 0 Å². The first kappa shape index (κ1) is 9.35. The Morgan fingerprint density at radius 3 is 2.92 bits per heavy atom. The summed E-state index contributed by atoms with van der Waals surface area (Å²) in [5, 5.41) is 12.3. The van der Waals surface area contributed by atoms with E-state index in [1.165, 1.54) is 0 Å². The SMILES string of the molecule is [N-]=[N+]=NCC1(C(=O)O)C=CC=CC1. The van der Waals surface area contributed by atoms with Crippen LogP contribution in [0.5, 0.6) is 0 Å². The van der Waals surface area contributed by atoms with Crippen LogP contribution >= 0.6 is 0 Å². The number of carboxylic acid groups (broad SMARTS) is 1. The maximum absolute atomic E-state index is 10.9. The number of rotatable bonds is 3. The van der Waals surface area contributed by atoms with Crippen molar-refractivity contribution in [2.45, 2.75) is 6.42 Å². The molecule has 0 aromatic rings. The molecule has 0 saturated carbocycles. The Labute approximate surface area is 75.0 Å². The van der Waals surface area contributed by atoms with Crippen molar-refractivity contribution in [1.82, 2.24) is 0 Å². The first-order chi connectivity index (χ1) is 6.21. The Kier molecular flexibility index (Phi) is 2.72. The second kappa shape index (κ2) is 3.78. The summed E-state index contributed by atoms with van der Waals surface area (Å²) in [7, 11) is 0. The summed E-state index contributed by atoms with van der Waals surface area (Å²) in [6.45, 7) is -0.0420. The molecule has 68 valence electrons. The minimum atomic E-state index is -1.04. The fourth-order valence-electron chi connectivity index (χ4n) is 1.17. The van der Waals surface area contributed by atoms with Crippen LogP contribution in [0.4, 0.5) is 0 Å². The molecule has 0 saturated heterocycles. The van der Waals surface area contributed by atoms with Gasteiger partial charge < -0.3 is 5.11 Å². The summed E-state index contributed by atoms with van der Waals surface area (Å²) in [6.07, 6.45) is 7.12. The number of hydrogen-bond donors (Lipinski definition) is 1. The maximum atomic E-state index is 10.9. The van der Waals surface area contributed by atoms with E-state index in [9.17, 15) is 4.79 Å². The number of nitrogens with zero attached hydrogens (tertiary/aromatic N) is 3.